The van der Waals surface area contributed by atoms with Crippen LogP contribution in [-0.2, 0) is 19.8 Å². The maximum Gasteiger partial charge on any atom is 0.418 e. The zero-order valence-electron chi connectivity index (χ0n) is 25.5. The van der Waals surface area contributed by atoms with E-state index in [1.807, 2.05) is 20.8 Å². The fourth-order valence-corrected chi connectivity index (χ4v) is 6.59. The van der Waals surface area contributed by atoms with Gasteiger partial charge in [0.15, 0.2) is 5.17 Å². The zero-order chi connectivity index (χ0) is 30.0. The fraction of sp³-hybridized carbons (Fsp3) is 0.621. The predicted molar refractivity (Wildman–Crippen MR) is 162 cm³/mol. The van der Waals surface area contributed by atoms with Gasteiger partial charge in [-0.15, -0.1) is 0 Å². The third-order valence-electron chi connectivity index (χ3n) is 6.96. The van der Waals surface area contributed by atoms with Gasteiger partial charge in [0.05, 0.1) is 5.54 Å². The van der Waals surface area contributed by atoms with Crippen molar-refractivity contribution in [1.82, 2.24) is 9.80 Å². The number of halogens is 1. The van der Waals surface area contributed by atoms with E-state index in [-0.39, 0.29) is 17.8 Å². The van der Waals surface area contributed by atoms with E-state index in [0.717, 1.165) is 11.6 Å². The lowest BCUT2D eigenvalue weighted by Gasteiger charge is -2.48. The molecule has 0 radical (unpaired) electrons. The van der Waals surface area contributed by atoms with Gasteiger partial charge in [0.25, 0.3) is 0 Å². The van der Waals surface area contributed by atoms with Gasteiger partial charge in [-0.25, -0.2) is 14.1 Å². The van der Waals surface area contributed by atoms with Crippen molar-refractivity contribution in [2.75, 3.05) is 27.4 Å². The Morgan fingerprint density at radius 2 is 1.85 bits per heavy atom. The van der Waals surface area contributed by atoms with Crippen LogP contribution in [0.1, 0.15) is 52.7 Å². The predicted octanol–water partition coefficient (Wildman–Crippen LogP) is 6.82. The quantitative estimate of drug-likeness (QED) is 0.192. The molecule has 0 bridgehead atoms. The van der Waals surface area contributed by atoms with Crippen LogP contribution in [0.15, 0.2) is 29.8 Å². The Labute approximate surface area is 239 Å². The molecule has 0 unspecified atom stereocenters. The van der Waals surface area contributed by atoms with Crippen LogP contribution >= 0.6 is 11.8 Å². The summed E-state index contributed by atoms with van der Waals surface area (Å²) in [6.07, 6.45) is 1.00. The van der Waals surface area contributed by atoms with Gasteiger partial charge in [-0.3, -0.25) is 9.79 Å². The fourth-order valence-electron chi connectivity index (χ4n) is 4.31. The van der Waals surface area contributed by atoms with E-state index >= 15 is 4.39 Å². The van der Waals surface area contributed by atoms with Crippen molar-refractivity contribution in [1.29, 1.82) is 0 Å². The van der Waals surface area contributed by atoms with E-state index < -0.39 is 41.8 Å². The number of aliphatic imine (C=N–C) groups is 1. The van der Waals surface area contributed by atoms with Gasteiger partial charge < -0.3 is 14.4 Å². The lowest BCUT2D eigenvalue weighted by atomic mass is 9.73. The molecule has 1 aromatic rings. The molecule has 2 rings (SSSR count). The highest BCUT2D eigenvalue weighted by atomic mass is 32.2. The molecule has 218 valence electrons. The van der Waals surface area contributed by atoms with Crippen molar-refractivity contribution in [3.63, 3.8) is 0 Å². The van der Waals surface area contributed by atoms with Gasteiger partial charge in [-0.1, -0.05) is 57.0 Å². The zero-order valence-corrected chi connectivity index (χ0v) is 27.3. The summed E-state index contributed by atoms with van der Waals surface area (Å²) >= 11 is 1.19. The van der Waals surface area contributed by atoms with Gasteiger partial charge >= 0.3 is 6.09 Å². The highest BCUT2D eigenvalue weighted by Crippen LogP contribution is 2.52. The third kappa shape index (κ3) is 7.95. The molecule has 0 fully saturated rings. The Kier molecular flexibility index (Phi) is 10.3. The minimum atomic E-state index is -1.37. The number of benzene rings is 1. The molecule has 39 heavy (non-hydrogen) atoms. The number of hydrogen-bond donors (Lipinski definition) is 0. The molecule has 0 N–H and O–H groups in total. The molecule has 7 nitrogen and oxygen atoms in total. The first-order valence-corrected chi connectivity index (χ1v) is 17.8. The summed E-state index contributed by atoms with van der Waals surface area (Å²) in [6.45, 7) is 21.8. The Morgan fingerprint density at radius 3 is 2.36 bits per heavy atom. The molecule has 2 amide bonds. The van der Waals surface area contributed by atoms with Crippen LogP contribution in [0, 0.1) is 11.7 Å². The summed E-state index contributed by atoms with van der Waals surface area (Å²) in [5.41, 5.74) is -0.902. The van der Waals surface area contributed by atoms with Gasteiger partial charge in [0.2, 0.25) is 5.91 Å². The average molecular weight is 580 g/mol. The SMILES string of the molecule is C=Cc1ccc(F)c([C@@]2(C)N=C(N(COCC[Si](C)(C)C)C(=O)OC(C)(C)C)S[C@](C)(C(=O)N(C)C)[C@H]2C)c1. The molecule has 10 heteroatoms. The Morgan fingerprint density at radius 1 is 1.23 bits per heavy atom. The van der Waals surface area contributed by atoms with Crippen LogP contribution in [-0.4, -0.2) is 72.8 Å². The van der Waals surface area contributed by atoms with Gasteiger partial charge in [0, 0.05) is 40.3 Å². The number of thioether (sulfide) groups is 1. The monoisotopic (exact) mass is 579 g/mol. The third-order valence-corrected chi connectivity index (χ3v) is 10.1. The smallest absolute Gasteiger partial charge is 0.418 e. The van der Waals surface area contributed by atoms with Crippen molar-refractivity contribution in [2.24, 2.45) is 10.9 Å². The molecule has 0 saturated heterocycles. The van der Waals surface area contributed by atoms with Crippen LogP contribution in [0.5, 0.6) is 0 Å². The Balaban J connectivity index is 2.72. The van der Waals surface area contributed by atoms with E-state index in [0.29, 0.717) is 12.2 Å². The second kappa shape index (κ2) is 12.1. The highest BCUT2D eigenvalue weighted by Gasteiger charge is 2.56. The standard InChI is InChI=1S/C29H46FN3O4SSi/c1-13-21-14-15-23(30)22(18-21)28(6)20(2)29(7,24(34)32(8)9)38-25(31-28)33(26(35)37-27(3,4)5)19-36-16-17-39(10,11)12/h13-15,18,20H,1,16-17,19H2,2-12H3/t20-,28-,29-/m0/s1. The van der Waals surface area contributed by atoms with Crippen LogP contribution in [0.3, 0.4) is 0 Å². The van der Waals surface area contributed by atoms with Crippen LogP contribution in [0.2, 0.25) is 25.7 Å². The minimum absolute atomic E-state index is 0.100. The van der Waals surface area contributed by atoms with Crippen molar-refractivity contribution >= 4 is 43.1 Å². The van der Waals surface area contributed by atoms with Crippen molar-refractivity contribution in [3.05, 3.63) is 41.7 Å². The molecule has 3 atom stereocenters. The van der Waals surface area contributed by atoms with E-state index in [4.69, 9.17) is 14.5 Å². The summed E-state index contributed by atoms with van der Waals surface area (Å²) in [7, 11) is 2.00. The largest absolute Gasteiger partial charge is 0.443 e. The first-order chi connectivity index (χ1) is 17.7. The molecule has 0 spiro atoms. The van der Waals surface area contributed by atoms with Gasteiger partial charge in [-0.2, -0.15) is 0 Å². The molecule has 0 saturated carbocycles. The Hall–Kier alpha value is -2.17. The molecule has 1 heterocycles. The number of nitrogens with zero attached hydrogens (tertiary/aromatic N) is 3. The first-order valence-electron chi connectivity index (χ1n) is 13.3. The van der Waals surface area contributed by atoms with Crippen molar-refractivity contribution in [3.8, 4) is 0 Å². The van der Waals surface area contributed by atoms with E-state index in [2.05, 4.69) is 26.2 Å². The van der Waals surface area contributed by atoms with Crippen molar-refractivity contribution < 1.29 is 23.5 Å². The molecule has 0 aliphatic carbocycles. The average Bonchev–Trinajstić information content (AvgIpc) is 2.80. The van der Waals surface area contributed by atoms with E-state index in [9.17, 15) is 9.59 Å². The van der Waals surface area contributed by atoms with Crippen LogP contribution < -0.4 is 0 Å². The lowest BCUT2D eigenvalue weighted by molar-refractivity contribution is -0.132. The number of hydrogen-bond acceptors (Lipinski definition) is 6. The highest BCUT2D eigenvalue weighted by molar-refractivity contribution is 8.15. The Bertz CT molecular complexity index is 1110. The number of carbonyl (C=O) groups is 2. The molecule has 0 aromatic heterocycles. The second-order valence-corrected chi connectivity index (χ2v) is 19.9. The van der Waals surface area contributed by atoms with Crippen LogP contribution in [0.25, 0.3) is 6.08 Å². The summed E-state index contributed by atoms with van der Waals surface area (Å²) in [6, 6.07) is 5.65. The number of carbonyl (C=O) groups excluding carboxylic acids is 2. The molecular weight excluding hydrogens is 533 g/mol. The number of rotatable bonds is 8. The lowest BCUT2D eigenvalue weighted by Crippen LogP contribution is -2.57. The van der Waals surface area contributed by atoms with Crippen LogP contribution in [0.4, 0.5) is 9.18 Å². The number of amides is 2. The minimum Gasteiger partial charge on any atom is -0.443 e. The summed E-state index contributed by atoms with van der Waals surface area (Å²) in [4.78, 5) is 35.0. The summed E-state index contributed by atoms with van der Waals surface area (Å²) < 4.78 is 26.1. The van der Waals surface area contributed by atoms with Gasteiger partial charge in [0.1, 0.15) is 22.9 Å². The summed E-state index contributed by atoms with van der Waals surface area (Å²) in [5.74, 6) is -1.06. The summed E-state index contributed by atoms with van der Waals surface area (Å²) in [5, 5.41) is 0.249. The molecule has 1 aliphatic heterocycles. The number of amidine groups is 1. The molecular formula is C29H46FN3O4SSi. The van der Waals surface area contributed by atoms with Gasteiger partial charge in [-0.05, 0) is 58.4 Å². The first kappa shape index (κ1) is 33.0. The maximum absolute atomic E-state index is 15.5. The van der Waals surface area contributed by atoms with Crippen molar-refractivity contribution in [2.45, 2.75) is 83.1 Å². The normalized spacial score (nSPS) is 23.6. The molecule has 1 aromatic carbocycles. The number of ether oxygens (including phenoxy) is 2. The topological polar surface area (TPSA) is 71.4 Å². The second-order valence-electron chi connectivity index (χ2n) is 12.9. The maximum atomic E-state index is 15.5. The van der Waals surface area contributed by atoms with E-state index in [1.165, 1.54) is 27.6 Å². The molecule has 1 aliphatic rings. The van der Waals surface area contributed by atoms with E-state index in [1.54, 1.807) is 53.1 Å².